The van der Waals surface area contributed by atoms with Crippen LogP contribution in [0.4, 0.5) is 0 Å². The highest BCUT2D eigenvalue weighted by Gasteiger charge is 2.21. The Hall–Kier alpha value is -0.820. The van der Waals surface area contributed by atoms with Gasteiger partial charge in [-0.2, -0.15) is 0 Å². The minimum Gasteiger partial charge on any atom is -0.392 e. The lowest BCUT2D eigenvalue weighted by atomic mass is 9.77. The lowest BCUT2D eigenvalue weighted by molar-refractivity contribution is 0.281. The number of hydrogen-bond acceptors (Lipinski definition) is 1. The van der Waals surface area contributed by atoms with Gasteiger partial charge < -0.3 is 5.11 Å². The molecule has 0 aromatic heterocycles. The molecule has 1 fully saturated rings. The molecule has 0 radical (unpaired) electrons. The molecule has 1 N–H and O–H groups in total. The number of hydrogen-bond donors (Lipinski definition) is 1. The van der Waals surface area contributed by atoms with Gasteiger partial charge in [-0.15, -0.1) is 0 Å². The van der Waals surface area contributed by atoms with E-state index in [0.717, 1.165) is 17.4 Å². The first kappa shape index (κ1) is 16.5. The van der Waals surface area contributed by atoms with Crippen molar-refractivity contribution in [1.29, 1.82) is 0 Å². The second-order valence-electron chi connectivity index (χ2n) is 6.82. The Labute approximate surface area is 130 Å². The molecule has 1 saturated carbocycles. The van der Waals surface area contributed by atoms with E-state index in [9.17, 15) is 0 Å². The van der Waals surface area contributed by atoms with Gasteiger partial charge in [0, 0.05) is 0 Å². The highest BCUT2D eigenvalue weighted by atomic mass is 16.3. The molecule has 0 unspecified atom stereocenters. The maximum atomic E-state index is 9.11. The molecule has 1 aliphatic rings. The summed E-state index contributed by atoms with van der Waals surface area (Å²) in [4.78, 5) is 0. The summed E-state index contributed by atoms with van der Waals surface area (Å²) in [5.41, 5.74) is 2.51. The highest BCUT2D eigenvalue weighted by molar-refractivity contribution is 5.25. The fourth-order valence-electron chi connectivity index (χ4n) is 3.72. The van der Waals surface area contributed by atoms with Crippen LogP contribution in [-0.4, -0.2) is 5.11 Å². The summed E-state index contributed by atoms with van der Waals surface area (Å²) in [6.45, 7) is 2.44. The molecule has 1 nitrogen and oxygen atoms in total. The zero-order valence-electron chi connectivity index (χ0n) is 13.7. The molecule has 0 bridgehead atoms. The predicted octanol–water partition coefficient (Wildman–Crippen LogP) is 5.81. The van der Waals surface area contributed by atoms with Crippen LogP contribution in [0.1, 0.15) is 88.2 Å². The average molecular weight is 288 g/mol. The molecule has 0 atom stereocenters. The van der Waals surface area contributed by atoms with Gasteiger partial charge in [-0.3, -0.25) is 0 Å². The van der Waals surface area contributed by atoms with Gasteiger partial charge in [0.25, 0.3) is 0 Å². The van der Waals surface area contributed by atoms with E-state index in [1.807, 2.05) is 0 Å². The highest BCUT2D eigenvalue weighted by Crippen LogP contribution is 2.37. The second-order valence-corrected chi connectivity index (χ2v) is 6.82. The molecule has 1 aromatic rings. The third-order valence-electron chi connectivity index (χ3n) is 5.20. The van der Waals surface area contributed by atoms with Gasteiger partial charge in [-0.1, -0.05) is 69.7 Å². The van der Waals surface area contributed by atoms with Crippen molar-refractivity contribution in [2.75, 3.05) is 0 Å². The molecular formula is C20H32O. The zero-order valence-corrected chi connectivity index (χ0v) is 13.7. The first-order valence-corrected chi connectivity index (χ1v) is 9.03. The van der Waals surface area contributed by atoms with Crippen molar-refractivity contribution >= 4 is 0 Å². The van der Waals surface area contributed by atoms with E-state index in [1.54, 1.807) is 0 Å². The molecular weight excluding hydrogens is 256 g/mol. The molecule has 118 valence electrons. The van der Waals surface area contributed by atoms with Crippen LogP contribution >= 0.6 is 0 Å². The maximum absolute atomic E-state index is 9.11. The third kappa shape index (κ3) is 5.47. The summed E-state index contributed by atoms with van der Waals surface area (Å²) in [5, 5.41) is 9.11. The number of rotatable bonds is 8. The summed E-state index contributed by atoms with van der Waals surface area (Å²) in [6.07, 6.45) is 14.1. The summed E-state index contributed by atoms with van der Waals surface area (Å²) >= 11 is 0. The van der Waals surface area contributed by atoms with Gasteiger partial charge in [-0.25, -0.2) is 0 Å². The lowest BCUT2D eigenvalue weighted by Crippen LogP contribution is -2.13. The standard InChI is InChI=1S/C20H32O/c1-2-3-4-5-6-7-17-8-12-19(13-9-17)20-14-10-18(16-21)11-15-20/h10-11,14-15,17,19,21H,2-9,12-13,16H2,1H3/t17-,19-. The maximum Gasteiger partial charge on any atom is 0.0681 e. The van der Waals surface area contributed by atoms with Gasteiger partial charge in [0.15, 0.2) is 0 Å². The van der Waals surface area contributed by atoms with Crippen LogP contribution in [0, 0.1) is 5.92 Å². The monoisotopic (exact) mass is 288 g/mol. The molecule has 1 heteroatoms. The summed E-state index contributed by atoms with van der Waals surface area (Å²) in [7, 11) is 0. The predicted molar refractivity (Wildman–Crippen MR) is 90.4 cm³/mol. The second kappa shape index (κ2) is 9.25. The quantitative estimate of drug-likeness (QED) is 0.598. The fraction of sp³-hybridized carbons (Fsp3) is 0.700. The van der Waals surface area contributed by atoms with Gasteiger partial charge in [0.05, 0.1) is 6.61 Å². The van der Waals surface area contributed by atoms with Crippen molar-refractivity contribution in [2.45, 2.75) is 83.7 Å². The molecule has 21 heavy (non-hydrogen) atoms. The topological polar surface area (TPSA) is 20.2 Å². The summed E-state index contributed by atoms with van der Waals surface area (Å²) < 4.78 is 0. The largest absolute Gasteiger partial charge is 0.392 e. The number of aliphatic hydroxyl groups is 1. The Morgan fingerprint density at radius 1 is 0.905 bits per heavy atom. The Kier molecular flexibility index (Phi) is 7.29. The van der Waals surface area contributed by atoms with E-state index >= 15 is 0 Å². The van der Waals surface area contributed by atoms with Crippen LogP contribution in [0.3, 0.4) is 0 Å². The number of benzene rings is 1. The van der Waals surface area contributed by atoms with Crippen molar-refractivity contribution in [1.82, 2.24) is 0 Å². The first-order chi connectivity index (χ1) is 10.3. The summed E-state index contributed by atoms with van der Waals surface area (Å²) in [5.74, 6) is 1.74. The van der Waals surface area contributed by atoms with Gasteiger partial charge in [-0.05, 0) is 48.6 Å². The van der Waals surface area contributed by atoms with E-state index in [0.29, 0.717) is 0 Å². The normalized spacial score (nSPS) is 22.4. The van der Waals surface area contributed by atoms with Crippen molar-refractivity contribution < 1.29 is 5.11 Å². The van der Waals surface area contributed by atoms with Crippen molar-refractivity contribution in [3.05, 3.63) is 35.4 Å². The van der Waals surface area contributed by atoms with E-state index in [1.165, 1.54) is 69.8 Å². The molecule has 0 heterocycles. The van der Waals surface area contributed by atoms with E-state index in [-0.39, 0.29) is 6.61 Å². The van der Waals surface area contributed by atoms with E-state index in [4.69, 9.17) is 5.11 Å². The average Bonchev–Trinajstić information content (AvgIpc) is 2.55. The molecule has 1 aromatic carbocycles. The summed E-state index contributed by atoms with van der Waals surface area (Å²) in [6, 6.07) is 8.60. The molecule has 1 aliphatic carbocycles. The number of aliphatic hydroxyl groups excluding tert-OH is 1. The Balaban J connectivity index is 1.67. The third-order valence-corrected chi connectivity index (χ3v) is 5.20. The molecule has 0 spiro atoms. The van der Waals surface area contributed by atoms with Crippen LogP contribution < -0.4 is 0 Å². The van der Waals surface area contributed by atoms with Crippen LogP contribution in [0.5, 0.6) is 0 Å². The van der Waals surface area contributed by atoms with Crippen LogP contribution in [-0.2, 0) is 6.61 Å². The fourth-order valence-corrected chi connectivity index (χ4v) is 3.72. The van der Waals surface area contributed by atoms with E-state index < -0.39 is 0 Å². The smallest absolute Gasteiger partial charge is 0.0681 e. The van der Waals surface area contributed by atoms with Crippen LogP contribution in [0.15, 0.2) is 24.3 Å². The minimum atomic E-state index is 0.158. The van der Waals surface area contributed by atoms with Crippen LogP contribution in [0.2, 0.25) is 0 Å². The lowest BCUT2D eigenvalue weighted by Gasteiger charge is -2.29. The molecule has 0 saturated heterocycles. The number of unbranched alkanes of at least 4 members (excludes halogenated alkanes) is 4. The first-order valence-electron chi connectivity index (χ1n) is 9.03. The van der Waals surface area contributed by atoms with Crippen molar-refractivity contribution in [2.24, 2.45) is 5.92 Å². The SMILES string of the molecule is CCCCCCC[C@H]1CC[C@H](c2ccc(CO)cc2)CC1. The van der Waals surface area contributed by atoms with Gasteiger partial charge in [0.2, 0.25) is 0 Å². The Morgan fingerprint density at radius 2 is 1.57 bits per heavy atom. The molecule has 2 rings (SSSR count). The Bertz CT molecular complexity index is 373. The van der Waals surface area contributed by atoms with Crippen molar-refractivity contribution in [3.8, 4) is 0 Å². The van der Waals surface area contributed by atoms with Crippen molar-refractivity contribution in [3.63, 3.8) is 0 Å². The molecule has 0 aliphatic heterocycles. The van der Waals surface area contributed by atoms with Gasteiger partial charge in [0.1, 0.15) is 0 Å². The van der Waals surface area contributed by atoms with E-state index in [2.05, 4.69) is 31.2 Å². The molecule has 0 amide bonds. The zero-order chi connectivity index (χ0) is 14.9. The van der Waals surface area contributed by atoms with Crippen LogP contribution in [0.25, 0.3) is 0 Å². The minimum absolute atomic E-state index is 0.158. The Morgan fingerprint density at radius 3 is 2.19 bits per heavy atom. The van der Waals surface area contributed by atoms with Gasteiger partial charge >= 0.3 is 0 Å².